The molecule has 0 spiro atoms. The Morgan fingerprint density at radius 3 is 2.51 bits per heavy atom. The highest BCUT2D eigenvalue weighted by Crippen LogP contribution is 2.54. The molecule has 5 nitrogen and oxygen atoms in total. The quantitative estimate of drug-likeness (QED) is 0.390. The lowest BCUT2D eigenvalue weighted by molar-refractivity contribution is -0.0399. The lowest BCUT2D eigenvalue weighted by Crippen LogP contribution is -2.59. The summed E-state index contributed by atoms with van der Waals surface area (Å²) in [6.07, 6.45) is 8.12. The molecular formula is C32H44N2O3. The number of benzene rings is 2. The van der Waals surface area contributed by atoms with E-state index in [1.54, 1.807) is 0 Å². The first-order chi connectivity index (χ1) is 18.2. The van der Waals surface area contributed by atoms with Crippen LogP contribution in [0.2, 0.25) is 0 Å². The molecule has 2 aliphatic heterocycles. The molecule has 5 heteroatoms. The molecule has 2 heterocycles. The van der Waals surface area contributed by atoms with Gasteiger partial charge in [-0.15, -0.1) is 0 Å². The normalized spacial score (nSPS) is 26.7. The summed E-state index contributed by atoms with van der Waals surface area (Å²) < 4.78 is 11.9. The van der Waals surface area contributed by atoms with Gasteiger partial charge in [0.15, 0.2) is 0 Å². The summed E-state index contributed by atoms with van der Waals surface area (Å²) in [4.78, 5) is 17.6. The minimum absolute atomic E-state index is 0.102. The van der Waals surface area contributed by atoms with Crippen LogP contribution in [0, 0.1) is 11.8 Å². The van der Waals surface area contributed by atoms with Gasteiger partial charge in [-0.05, 0) is 73.7 Å². The number of fused-ring (bicyclic) bond motifs is 1. The predicted molar refractivity (Wildman–Crippen MR) is 147 cm³/mol. The van der Waals surface area contributed by atoms with Crippen molar-refractivity contribution in [3.8, 4) is 0 Å². The van der Waals surface area contributed by atoms with Crippen LogP contribution < -0.4 is 0 Å². The molecule has 0 aromatic heterocycles. The highest BCUT2D eigenvalue weighted by Gasteiger charge is 2.55. The average Bonchev–Trinajstić information content (AvgIpc) is 3.42. The van der Waals surface area contributed by atoms with E-state index >= 15 is 0 Å². The van der Waals surface area contributed by atoms with Crippen molar-refractivity contribution in [2.45, 2.75) is 76.5 Å². The van der Waals surface area contributed by atoms with Crippen molar-refractivity contribution >= 4 is 6.09 Å². The topological polar surface area (TPSA) is 42.0 Å². The minimum Gasteiger partial charge on any atom is -0.453 e. The maximum absolute atomic E-state index is 13.0. The van der Waals surface area contributed by atoms with Gasteiger partial charge in [-0.2, -0.15) is 0 Å². The van der Waals surface area contributed by atoms with E-state index in [4.69, 9.17) is 9.47 Å². The molecule has 0 bridgehead atoms. The van der Waals surface area contributed by atoms with E-state index in [1.165, 1.54) is 36.6 Å². The number of hydrogen-bond acceptors (Lipinski definition) is 4. The number of carbonyl (C=O) groups excluding carboxylic acids is 1. The van der Waals surface area contributed by atoms with Crippen LogP contribution >= 0.6 is 0 Å². The minimum atomic E-state index is -0.207. The first-order valence-electron chi connectivity index (χ1n) is 14.4. The van der Waals surface area contributed by atoms with Gasteiger partial charge in [0, 0.05) is 31.7 Å². The Morgan fingerprint density at radius 2 is 1.76 bits per heavy atom. The summed E-state index contributed by atoms with van der Waals surface area (Å²) in [6.45, 7) is 7.63. The van der Waals surface area contributed by atoms with E-state index < -0.39 is 0 Å². The van der Waals surface area contributed by atoms with E-state index in [9.17, 15) is 4.79 Å². The number of nitrogens with zero attached hydrogens (tertiary/aromatic N) is 2. The number of likely N-dealkylation sites (tertiary alicyclic amines) is 1. The number of ether oxygens (including phenoxy) is 2. The van der Waals surface area contributed by atoms with E-state index in [0.717, 1.165) is 64.9 Å². The van der Waals surface area contributed by atoms with Gasteiger partial charge >= 0.3 is 6.09 Å². The van der Waals surface area contributed by atoms with Crippen molar-refractivity contribution in [3.63, 3.8) is 0 Å². The number of hydrogen-bond donors (Lipinski definition) is 0. The third kappa shape index (κ3) is 5.44. The molecule has 0 radical (unpaired) electrons. The smallest absolute Gasteiger partial charge is 0.409 e. The second-order valence-electron chi connectivity index (χ2n) is 11.4. The van der Waals surface area contributed by atoms with E-state index in [-0.39, 0.29) is 17.6 Å². The Kier molecular flexibility index (Phi) is 8.51. The molecule has 3 unspecified atom stereocenters. The Bertz CT molecular complexity index is 1020. The summed E-state index contributed by atoms with van der Waals surface area (Å²) in [5.41, 5.74) is 4.03. The first kappa shape index (κ1) is 26.2. The van der Waals surface area contributed by atoms with Crippen LogP contribution in [0.5, 0.6) is 0 Å². The van der Waals surface area contributed by atoms with Gasteiger partial charge in [0.25, 0.3) is 0 Å². The van der Waals surface area contributed by atoms with Crippen LogP contribution in [0.4, 0.5) is 4.79 Å². The van der Waals surface area contributed by atoms with E-state index in [0.29, 0.717) is 18.4 Å². The van der Waals surface area contributed by atoms with Crippen molar-refractivity contribution in [1.82, 2.24) is 9.80 Å². The highest BCUT2D eigenvalue weighted by atomic mass is 16.5. The van der Waals surface area contributed by atoms with Gasteiger partial charge in [0.05, 0.1) is 13.2 Å². The number of amides is 1. The molecule has 2 fully saturated rings. The van der Waals surface area contributed by atoms with Gasteiger partial charge in [-0.25, -0.2) is 4.79 Å². The van der Waals surface area contributed by atoms with Crippen molar-refractivity contribution in [2.24, 2.45) is 11.8 Å². The Hall–Kier alpha value is -2.37. The van der Waals surface area contributed by atoms with Crippen molar-refractivity contribution < 1.29 is 14.3 Å². The van der Waals surface area contributed by atoms with Crippen LogP contribution in [0.25, 0.3) is 0 Å². The van der Waals surface area contributed by atoms with Crippen LogP contribution in [0.1, 0.15) is 68.6 Å². The molecule has 1 amide bonds. The lowest BCUT2D eigenvalue weighted by atomic mass is 9.56. The molecule has 1 saturated carbocycles. The number of methoxy groups -OCH3 is 1. The third-order valence-corrected chi connectivity index (χ3v) is 9.27. The van der Waals surface area contributed by atoms with Crippen LogP contribution in [-0.2, 0) is 28.0 Å². The Balaban J connectivity index is 1.47. The molecule has 5 rings (SSSR count). The summed E-state index contributed by atoms with van der Waals surface area (Å²) in [7, 11) is 1.51. The average molecular weight is 505 g/mol. The van der Waals surface area contributed by atoms with Crippen LogP contribution in [0.15, 0.2) is 54.6 Å². The molecule has 37 heavy (non-hydrogen) atoms. The largest absolute Gasteiger partial charge is 0.453 e. The zero-order valence-corrected chi connectivity index (χ0v) is 22.7. The summed E-state index contributed by atoms with van der Waals surface area (Å²) in [5.74, 6) is 0.928. The molecule has 2 aromatic rings. The maximum Gasteiger partial charge on any atom is 0.409 e. The fourth-order valence-corrected chi connectivity index (χ4v) is 7.54. The zero-order chi connectivity index (χ0) is 25.7. The molecule has 2 aromatic carbocycles. The van der Waals surface area contributed by atoms with E-state index in [1.807, 2.05) is 4.90 Å². The SMILES string of the molecule is CCCCOC1CCCC1C1(C2CCN(Cc3ccccc3)CC2)CN(C(=O)OC)Cc2ccccc21. The van der Waals surface area contributed by atoms with Crippen molar-refractivity contribution in [1.29, 1.82) is 0 Å². The van der Waals surface area contributed by atoms with Crippen molar-refractivity contribution in [3.05, 3.63) is 71.3 Å². The van der Waals surface area contributed by atoms with Gasteiger partial charge < -0.3 is 14.4 Å². The maximum atomic E-state index is 13.0. The Labute approximate surface area is 223 Å². The summed E-state index contributed by atoms with van der Waals surface area (Å²) in [5, 5.41) is 0. The van der Waals surface area contributed by atoms with Crippen LogP contribution in [-0.4, -0.2) is 55.3 Å². The second kappa shape index (κ2) is 12.0. The third-order valence-electron chi connectivity index (χ3n) is 9.27. The van der Waals surface area contributed by atoms with Gasteiger partial charge in [0.1, 0.15) is 0 Å². The van der Waals surface area contributed by atoms with Gasteiger partial charge in [0.2, 0.25) is 0 Å². The van der Waals surface area contributed by atoms with Gasteiger partial charge in [-0.1, -0.05) is 74.4 Å². The number of piperidine rings is 1. The number of rotatable bonds is 8. The molecule has 200 valence electrons. The molecular weight excluding hydrogens is 460 g/mol. The summed E-state index contributed by atoms with van der Waals surface area (Å²) in [6, 6.07) is 19.7. The molecule has 1 saturated heterocycles. The zero-order valence-electron chi connectivity index (χ0n) is 22.7. The highest BCUT2D eigenvalue weighted by molar-refractivity contribution is 5.68. The predicted octanol–water partition coefficient (Wildman–Crippen LogP) is 6.40. The van der Waals surface area contributed by atoms with Crippen molar-refractivity contribution in [2.75, 3.05) is 33.4 Å². The fourth-order valence-electron chi connectivity index (χ4n) is 7.54. The molecule has 3 atom stereocenters. The standard InChI is InChI=1S/C32H44N2O3/c1-3-4-21-37-30-16-10-15-29(30)32(24-34(31(35)36-2)23-26-13-8-9-14-28(26)32)27-17-19-33(20-18-27)22-25-11-6-5-7-12-25/h5-9,11-14,27,29-30H,3-4,10,15-24H2,1-2H3. The van der Waals surface area contributed by atoms with Crippen LogP contribution in [0.3, 0.4) is 0 Å². The lowest BCUT2D eigenvalue weighted by Gasteiger charge is -2.54. The number of unbranched alkanes of at least 4 members (excludes halogenated alkanes) is 1. The summed E-state index contributed by atoms with van der Waals surface area (Å²) >= 11 is 0. The van der Waals surface area contributed by atoms with Gasteiger partial charge in [-0.3, -0.25) is 4.90 Å². The second-order valence-corrected chi connectivity index (χ2v) is 11.4. The molecule has 3 aliphatic rings. The first-order valence-corrected chi connectivity index (χ1v) is 14.4. The van der Waals surface area contributed by atoms with E-state index in [2.05, 4.69) is 66.4 Å². The fraction of sp³-hybridized carbons (Fsp3) is 0.594. The Morgan fingerprint density at radius 1 is 1.00 bits per heavy atom. The monoisotopic (exact) mass is 504 g/mol. The molecule has 0 N–H and O–H groups in total. The number of carbonyl (C=O) groups is 1. The molecule has 1 aliphatic carbocycles.